The van der Waals surface area contributed by atoms with Gasteiger partial charge in [-0.3, -0.25) is 0 Å². The number of hydrogen-bond acceptors (Lipinski definition) is 3. The normalized spacial score (nSPS) is 9.87. The second-order valence-electron chi connectivity index (χ2n) is 2.56. The Labute approximate surface area is 109 Å². The third-order valence-electron chi connectivity index (χ3n) is 1.53. The molecule has 0 heterocycles. The van der Waals surface area contributed by atoms with E-state index in [0.717, 1.165) is 4.47 Å². The van der Waals surface area contributed by atoms with Gasteiger partial charge in [-0.15, -0.1) is 0 Å². The maximum atomic E-state index is 10.9. The third-order valence-corrected chi connectivity index (χ3v) is 2.85. The highest BCUT2D eigenvalue weighted by Crippen LogP contribution is 2.36. The van der Waals surface area contributed by atoms with E-state index in [1.807, 2.05) is 0 Å². The average molecular weight is 358 g/mol. The summed E-state index contributed by atoms with van der Waals surface area (Å²) in [5, 5.41) is 0.417. The van der Waals surface area contributed by atoms with E-state index < -0.39 is 5.97 Å². The van der Waals surface area contributed by atoms with Crippen LogP contribution in [0.3, 0.4) is 0 Å². The van der Waals surface area contributed by atoms with Crippen molar-refractivity contribution in [2.24, 2.45) is 0 Å². The van der Waals surface area contributed by atoms with Crippen LogP contribution < -0.4 is 4.74 Å². The highest BCUT2D eigenvalue weighted by molar-refractivity contribution is 9.11. The Morgan fingerprint density at radius 3 is 2.67 bits per heavy atom. The molecule has 3 nitrogen and oxygen atoms in total. The Hall–Kier alpha value is -0.260. The Kier molecular flexibility index (Phi) is 4.89. The van der Waals surface area contributed by atoms with E-state index in [1.165, 1.54) is 7.11 Å². The van der Waals surface area contributed by atoms with Crippen LogP contribution in [0.2, 0.25) is 5.02 Å². The van der Waals surface area contributed by atoms with Gasteiger partial charge in [-0.2, -0.15) is 0 Å². The molecule has 0 aliphatic rings. The summed E-state index contributed by atoms with van der Waals surface area (Å²) in [6, 6.07) is 3.46. The molecule has 0 aromatic heterocycles. The largest absolute Gasteiger partial charge is 0.479 e. The first kappa shape index (κ1) is 12.8. The molecule has 1 aromatic rings. The van der Waals surface area contributed by atoms with Gasteiger partial charge in [0, 0.05) is 4.47 Å². The van der Waals surface area contributed by atoms with Gasteiger partial charge in [-0.05, 0) is 28.1 Å². The van der Waals surface area contributed by atoms with Crippen LogP contribution in [0.15, 0.2) is 21.1 Å². The summed E-state index contributed by atoms with van der Waals surface area (Å²) >= 11 is 12.5. The second-order valence-corrected chi connectivity index (χ2v) is 4.74. The fraction of sp³-hybridized carbons (Fsp3) is 0.222. The molecule has 0 amide bonds. The molecule has 0 radical (unpaired) electrons. The lowest BCUT2D eigenvalue weighted by atomic mass is 10.3. The van der Waals surface area contributed by atoms with Gasteiger partial charge in [0.2, 0.25) is 0 Å². The first-order valence-electron chi connectivity index (χ1n) is 3.88. The molecule has 0 aliphatic heterocycles. The lowest BCUT2D eigenvalue weighted by Crippen LogP contribution is -2.12. The standard InChI is InChI=1S/C9H7Br2ClO3/c1-14-8(13)4-15-9-6(11)2-5(10)3-7(9)12/h2-3H,4H2,1H3. The molecule has 0 saturated heterocycles. The molecule has 1 aromatic carbocycles. The van der Waals surface area contributed by atoms with Crippen LogP contribution in [-0.2, 0) is 9.53 Å². The zero-order valence-corrected chi connectivity index (χ0v) is 11.6. The third kappa shape index (κ3) is 3.66. The van der Waals surface area contributed by atoms with E-state index in [-0.39, 0.29) is 6.61 Å². The molecule has 0 aliphatic carbocycles. The van der Waals surface area contributed by atoms with Crippen molar-refractivity contribution < 1.29 is 14.3 Å². The van der Waals surface area contributed by atoms with E-state index in [9.17, 15) is 4.79 Å². The van der Waals surface area contributed by atoms with Crippen LogP contribution in [0, 0.1) is 0 Å². The number of ether oxygens (including phenoxy) is 2. The number of halogens is 3. The quantitative estimate of drug-likeness (QED) is 0.777. The lowest BCUT2D eigenvalue weighted by Gasteiger charge is -2.09. The van der Waals surface area contributed by atoms with Gasteiger partial charge in [0.05, 0.1) is 16.6 Å². The van der Waals surface area contributed by atoms with Crippen LogP contribution in [0.1, 0.15) is 0 Å². The number of carbonyl (C=O) groups is 1. The van der Waals surface area contributed by atoms with Crippen molar-refractivity contribution in [1.29, 1.82) is 0 Å². The SMILES string of the molecule is COC(=O)COc1c(Cl)cc(Br)cc1Br. The van der Waals surface area contributed by atoms with E-state index in [0.29, 0.717) is 15.2 Å². The van der Waals surface area contributed by atoms with Crippen molar-refractivity contribution in [3.8, 4) is 5.75 Å². The molecule has 6 heteroatoms. The maximum absolute atomic E-state index is 10.9. The van der Waals surface area contributed by atoms with Gasteiger partial charge in [0.1, 0.15) is 0 Å². The van der Waals surface area contributed by atoms with Crippen molar-refractivity contribution in [2.45, 2.75) is 0 Å². The number of hydrogen-bond donors (Lipinski definition) is 0. The van der Waals surface area contributed by atoms with Crippen molar-refractivity contribution in [2.75, 3.05) is 13.7 Å². The predicted octanol–water partition coefficient (Wildman–Crippen LogP) is 3.42. The fourth-order valence-corrected chi connectivity index (χ4v) is 2.72. The summed E-state index contributed by atoms with van der Waals surface area (Å²) in [6.45, 7) is -0.170. The highest BCUT2D eigenvalue weighted by Gasteiger charge is 2.10. The average Bonchev–Trinajstić information content (AvgIpc) is 2.15. The summed E-state index contributed by atoms with van der Waals surface area (Å²) in [6.07, 6.45) is 0. The van der Waals surface area contributed by atoms with Gasteiger partial charge in [-0.1, -0.05) is 27.5 Å². The van der Waals surface area contributed by atoms with Crippen molar-refractivity contribution in [3.63, 3.8) is 0 Å². The Morgan fingerprint density at radius 1 is 1.47 bits per heavy atom. The van der Waals surface area contributed by atoms with Crippen LogP contribution in [0.25, 0.3) is 0 Å². The molecule has 0 N–H and O–H groups in total. The van der Waals surface area contributed by atoms with Crippen LogP contribution in [-0.4, -0.2) is 19.7 Å². The van der Waals surface area contributed by atoms with E-state index in [4.69, 9.17) is 16.3 Å². The van der Waals surface area contributed by atoms with Crippen molar-refractivity contribution in [1.82, 2.24) is 0 Å². The van der Waals surface area contributed by atoms with Crippen LogP contribution in [0.5, 0.6) is 5.75 Å². The zero-order chi connectivity index (χ0) is 11.4. The van der Waals surface area contributed by atoms with Crippen LogP contribution >= 0.6 is 43.5 Å². The summed E-state index contributed by atoms with van der Waals surface area (Å²) < 4.78 is 11.1. The fourth-order valence-electron chi connectivity index (χ4n) is 0.857. The molecular weight excluding hydrogens is 351 g/mol. The number of esters is 1. The first-order valence-corrected chi connectivity index (χ1v) is 5.85. The van der Waals surface area contributed by atoms with E-state index in [2.05, 4.69) is 36.6 Å². The number of methoxy groups -OCH3 is 1. The number of rotatable bonds is 3. The molecule has 0 saturated carbocycles. The minimum atomic E-state index is -0.458. The summed E-state index contributed by atoms with van der Waals surface area (Å²) in [4.78, 5) is 10.9. The lowest BCUT2D eigenvalue weighted by molar-refractivity contribution is -0.142. The van der Waals surface area contributed by atoms with E-state index in [1.54, 1.807) is 12.1 Å². The Bertz CT molecular complexity index is 359. The summed E-state index contributed by atoms with van der Waals surface area (Å²) in [5.41, 5.74) is 0. The molecule has 1 rings (SSSR count). The number of benzene rings is 1. The predicted molar refractivity (Wildman–Crippen MR) is 64.4 cm³/mol. The minimum absolute atomic E-state index is 0.170. The van der Waals surface area contributed by atoms with E-state index >= 15 is 0 Å². The molecule has 0 atom stereocenters. The zero-order valence-electron chi connectivity index (χ0n) is 7.72. The van der Waals surface area contributed by atoms with Gasteiger partial charge in [0.15, 0.2) is 12.4 Å². The first-order chi connectivity index (χ1) is 7.04. The maximum Gasteiger partial charge on any atom is 0.343 e. The smallest absolute Gasteiger partial charge is 0.343 e. The topological polar surface area (TPSA) is 35.5 Å². The second kappa shape index (κ2) is 5.72. The molecule has 0 spiro atoms. The molecule has 15 heavy (non-hydrogen) atoms. The van der Waals surface area contributed by atoms with Crippen LogP contribution in [0.4, 0.5) is 0 Å². The minimum Gasteiger partial charge on any atom is -0.479 e. The van der Waals surface area contributed by atoms with Gasteiger partial charge >= 0.3 is 5.97 Å². The Morgan fingerprint density at radius 2 is 2.13 bits per heavy atom. The van der Waals surface area contributed by atoms with Gasteiger partial charge < -0.3 is 9.47 Å². The molecule has 0 fully saturated rings. The molecule has 0 bridgehead atoms. The van der Waals surface area contributed by atoms with Crippen molar-refractivity contribution in [3.05, 3.63) is 26.1 Å². The molecule has 82 valence electrons. The molecular formula is C9H7Br2ClO3. The summed E-state index contributed by atoms with van der Waals surface area (Å²) in [5.74, 6) is -0.0360. The highest BCUT2D eigenvalue weighted by atomic mass is 79.9. The monoisotopic (exact) mass is 356 g/mol. The molecule has 0 unspecified atom stereocenters. The number of carbonyl (C=O) groups excluding carboxylic acids is 1. The summed E-state index contributed by atoms with van der Waals surface area (Å²) in [7, 11) is 1.30. The Balaban J connectivity index is 2.81. The van der Waals surface area contributed by atoms with Gasteiger partial charge in [0.25, 0.3) is 0 Å². The van der Waals surface area contributed by atoms with Crippen molar-refractivity contribution >= 4 is 49.4 Å². The van der Waals surface area contributed by atoms with Gasteiger partial charge in [-0.25, -0.2) is 4.79 Å².